The summed E-state index contributed by atoms with van der Waals surface area (Å²) >= 11 is 1.54. The van der Waals surface area contributed by atoms with Crippen LogP contribution < -0.4 is 0 Å². The molecule has 5 nitrogen and oxygen atoms in total. The van der Waals surface area contributed by atoms with Gasteiger partial charge in [0.25, 0.3) is 5.91 Å². The van der Waals surface area contributed by atoms with Crippen LogP contribution in [-0.2, 0) is 0 Å². The highest BCUT2D eigenvalue weighted by Crippen LogP contribution is 2.32. The summed E-state index contributed by atoms with van der Waals surface area (Å²) < 4.78 is 0. The Kier molecular flexibility index (Phi) is 3.67. The maximum atomic E-state index is 12.6. The first-order chi connectivity index (χ1) is 11.3. The van der Waals surface area contributed by atoms with Gasteiger partial charge in [0, 0.05) is 17.5 Å². The van der Waals surface area contributed by atoms with Crippen molar-refractivity contribution < 1.29 is 4.79 Å². The number of rotatable bonds is 3. The fourth-order valence-corrected chi connectivity index (χ4v) is 3.62. The maximum Gasteiger partial charge on any atom is 0.255 e. The van der Waals surface area contributed by atoms with Crippen molar-refractivity contribution in [3.05, 3.63) is 58.5 Å². The molecule has 1 aliphatic rings. The average Bonchev–Trinajstić information content (AvgIpc) is 3.35. The molecule has 1 fully saturated rings. The van der Waals surface area contributed by atoms with Gasteiger partial charge in [-0.25, -0.2) is 4.98 Å². The molecular weight excluding hydrogens is 308 g/mol. The SMILES string of the molecule is O=C(c1ccsc1)N1CCC[C@H]1c1nc(-c2ccccc2)n[nH]1. The van der Waals surface area contributed by atoms with Crippen LogP contribution in [0.1, 0.15) is 35.1 Å². The Balaban J connectivity index is 1.60. The molecule has 0 aliphatic carbocycles. The van der Waals surface area contributed by atoms with Gasteiger partial charge < -0.3 is 4.90 Å². The summed E-state index contributed by atoms with van der Waals surface area (Å²) in [4.78, 5) is 19.2. The number of carbonyl (C=O) groups is 1. The first-order valence-corrected chi connectivity index (χ1v) is 8.58. The lowest BCUT2D eigenvalue weighted by Gasteiger charge is -2.22. The second-order valence-corrected chi connectivity index (χ2v) is 6.36. The summed E-state index contributed by atoms with van der Waals surface area (Å²) in [7, 11) is 0. The predicted octanol–water partition coefficient (Wildman–Crippen LogP) is 3.51. The molecule has 1 N–H and O–H groups in total. The molecule has 6 heteroatoms. The van der Waals surface area contributed by atoms with Gasteiger partial charge in [-0.1, -0.05) is 30.3 Å². The molecule has 116 valence electrons. The molecule has 1 aromatic carbocycles. The molecule has 23 heavy (non-hydrogen) atoms. The van der Waals surface area contributed by atoms with E-state index >= 15 is 0 Å². The molecule has 0 saturated carbocycles. The van der Waals surface area contributed by atoms with Gasteiger partial charge >= 0.3 is 0 Å². The van der Waals surface area contributed by atoms with Crippen LogP contribution in [0.2, 0.25) is 0 Å². The van der Waals surface area contributed by atoms with Gasteiger partial charge in [-0.3, -0.25) is 9.89 Å². The van der Waals surface area contributed by atoms with Gasteiger partial charge in [0.15, 0.2) is 5.82 Å². The van der Waals surface area contributed by atoms with Crippen molar-refractivity contribution in [2.75, 3.05) is 6.54 Å². The third kappa shape index (κ3) is 2.66. The van der Waals surface area contributed by atoms with Crippen molar-refractivity contribution in [1.29, 1.82) is 0 Å². The van der Waals surface area contributed by atoms with Crippen molar-refractivity contribution in [2.24, 2.45) is 0 Å². The number of likely N-dealkylation sites (tertiary alicyclic amines) is 1. The number of aromatic nitrogens is 3. The van der Waals surface area contributed by atoms with Crippen LogP contribution in [0.4, 0.5) is 0 Å². The summed E-state index contributed by atoms with van der Waals surface area (Å²) in [6.45, 7) is 0.765. The van der Waals surface area contributed by atoms with Gasteiger partial charge in [-0.05, 0) is 24.3 Å². The minimum Gasteiger partial charge on any atom is -0.328 e. The molecule has 3 heterocycles. The molecule has 1 amide bonds. The van der Waals surface area contributed by atoms with E-state index in [0.717, 1.165) is 36.3 Å². The van der Waals surface area contributed by atoms with Gasteiger partial charge in [-0.2, -0.15) is 16.4 Å². The number of H-pyrrole nitrogens is 1. The van der Waals surface area contributed by atoms with Gasteiger partial charge in [0.2, 0.25) is 0 Å². The summed E-state index contributed by atoms with van der Waals surface area (Å²) in [6.07, 6.45) is 1.90. The second-order valence-electron chi connectivity index (χ2n) is 5.58. The summed E-state index contributed by atoms with van der Waals surface area (Å²) in [5.74, 6) is 1.52. The van der Waals surface area contributed by atoms with Crippen molar-refractivity contribution in [3.63, 3.8) is 0 Å². The smallest absolute Gasteiger partial charge is 0.255 e. The fourth-order valence-electron chi connectivity index (χ4n) is 2.99. The Morgan fingerprint density at radius 2 is 2.13 bits per heavy atom. The van der Waals surface area contributed by atoms with Crippen LogP contribution in [0, 0.1) is 0 Å². The van der Waals surface area contributed by atoms with Crippen molar-refractivity contribution in [2.45, 2.75) is 18.9 Å². The monoisotopic (exact) mass is 324 g/mol. The fraction of sp³-hybridized carbons (Fsp3) is 0.235. The molecule has 1 saturated heterocycles. The van der Waals surface area contributed by atoms with E-state index in [4.69, 9.17) is 0 Å². The van der Waals surface area contributed by atoms with Crippen LogP contribution in [0.5, 0.6) is 0 Å². The second kappa shape index (κ2) is 5.96. The number of aromatic amines is 1. The Morgan fingerprint density at radius 1 is 1.26 bits per heavy atom. The molecule has 2 aromatic heterocycles. The van der Waals surface area contributed by atoms with Gasteiger partial charge in [0.1, 0.15) is 5.82 Å². The van der Waals surface area contributed by atoms with Gasteiger partial charge in [-0.15, -0.1) is 0 Å². The van der Waals surface area contributed by atoms with E-state index in [1.54, 1.807) is 11.3 Å². The molecule has 3 aromatic rings. The zero-order valence-corrected chi connectivity index (χ0v) is 13.3. The third-order valence-electron chi connectivity index (χ3n) is 4.13. The van der Waals surface area contributed by atoms with Crippen molar-refractivity contribution >= 4 is 17.2 Å². The molecule has 1 aliphatic heterocycles. The molecule has 0 spiro atoms. The molecule has 0 radical (unpaired) electrons. The highest BCUT2D eigenvalue weighted by Gasteiger charge is 2.33. The zero-order valence-electron chi connectivity index (χ0n) is 12.5. The normalized spacial score (nSPS) is 17.6. The highest BCUT2D eigenvalue weighted by atomic mass is 32.1. The average molecular weight is 324 g/mol. The Morgan fingerprint density at radius 3 is 2.91 bits per heavy atom. The van der Waals surface area contributed by atoms with Crippen molar-refractivity contribution in [1.82, 2.24) is 20.1 Å². The van der Waals surface area contributed by atoms with E-state index in [2.05, 4.69) is 15.2 Å². The van der Waals surface area contributed by atoms with E-state index < -0.39 is 0 Å². The van der Waals surface area contributed by atoms with E-state index in [1.165, 1.54) is 0 Å². The lowest BCUT2D eigenvalue weighted by Crippen LogP contribution is -2.30. The van der Waals surface area contributed by atoms with Crippen LogP contribution in [0.15, 0.2) is 47.2 Å². The predicted molar refractivity (Wildman–Crippen MR) is 89.1 cm³/mol. The van der Waals surface area contributed by atoms with Crippen LogP contribution in [0.25, 0.3) is 11.4 Å². The number of nitrogens with zero attached hydrogens (tertiary/aromatic N) is 3. The minimum atomic E-state index is -0.0210. The Labute approximate surface area is 138 Å². The zero-order chi connectivity index (χ0) is 15.6. The first-order valence-electron chi connectivity index (χ1n) is 7.64. The Bertz CT molecular complexity index is 797. The molecule has 1 atom stereocenters. The number of carbonyl (C=O) groups excluding carboxylic acids is 1. The number of nitrogens with one attached hydrogen (secondary N) is 1. The van der Waals surface area contributed by atoms with Crippen molar-refractivity contribution in [3.8, 4) is 11.4 Å². The largest absolute Gasteiger partial charge is 0.328 e. The third-order valence-corrected chi connectivity index (χ3v) is 4.82. The number of amides is 1. The van der Waals surface area contributed by atoms with E-state index in [-0.39, 0.29) is 11.9 Å². The summed E-state index contributed by atoms with van der Waals surface area (Å²) in [5.41, 5.74) is 1.73. The van der Waals surface area contributed by atoms with E-state index in [9.17, 15) is 4.79 Å². The number of hydrogen-bond donors (Lipinski definition) is 1. The number of benzene rings is 1. The molecule has 4 rings (SSSR count). The molecular formula is C17H16N4OS. The molecule has 0 unspecified atom stereocenters. The summed E-state index contributed by atoms with van der Waals surface area (Å²) in [5, 5.41) is 11.2. The van der Waals surface area contributed by atoms with Crippen LogP contribution in [0.3, 0.4) is 0 Å². The Hall–Kier alpha value is -2.47. The topological polar surface area (TPSA) is 61.9 Å². The van der Waals surface area contributed by atoms with Crippen LogP contribution in [-0.4, -0.2) is 32.5 Å². The first kappa shape index (κ1) is 14.1. The standard InChI is InChI=1S/C17H16N4OS/c22-17(13-8-10-23-11-13)21-9-4-7-14(21)16-18-15(19-20-16)12-5-2-1-3-6-12/h1-3,5-6,8,10-11,14H,4,7,9H2,(H,18,19,20)/t14-/m0/s1. The summed E-state index contributed by atoms with van der Waals surface area (Å²) in [6, 6.07) is 11.7. The highest BCUT2D eigenvalue weighted by molar-refractivity contribution is 7.08. The number of thiophene rings is 1. The van der Waals surface area contributed by atoms with E-state index in [1.807, 2.05) is 52.1 Å². The van der Waals surface area contributed by atoms with Crippen LogP contribution >= 0.6 is 11.3 Å². The quantitative estimate of drug-likeness (QED) is 0.802. The maximum absolute atomic E-state index is 12.6. The minimum absolute atomic E-state index is 0.0210. The van der Waals surface area contributed by atoms with Gasteiger partial charge in [0.05, 0.1) is 11.6 Å². The lowest BCUT2D eigenvalue weighted by molar-refractivity contribution is 0.0730. The molecule has 0 bridgehead atoms. The number of hydrogen-bond acceptors (Lipinski definition) is 4. The van der Waals surface area contributed by atoms with E-state index in [0.29, 0.717) is 5.82 Å². The lowest BCUT2D eigenvalue weighted by atomic mass is 10.2.